The van der Waals surface area contributed by atoms with Crippen molar-refractivity contribution in [3.63, 3.8) is 0 Å². The fourth-order valence-corrected chi connectivity index (χ4v) is 5.19. The fraction of sp³-hybridized carbons (Fsp3) is 0.219. The van der Waals surface area contributed by atoms with E-state index in [0.29, 0.717) is 32.9 Å². The lowest BCUT2D eigenvalue weighted by molar-refractivity contribution is -0.605. The van der Waals surface area contributed by atoms with Gasteiger partial charge in [0.2, 0.25) is 0 Å². The second-order valence-electron chi connectivity index (χ2n) is 9.76. The molecule has 12 heteroatoms. The van der Waals surface area contributed by atoms with Crippen LogP contribution in [0.2, 0.25) is 10.0 Å². The SMILES string of the molecule is COc1ccc([C@H](Cc2c(Cl)c[n+]([O-])cc2Cl)OC(=O)Cc2ccc(CNC(C(=O)O)c3ccccc3F)cc2)cc1OC. The Morgan fingerprint density at radius 1 is 0.955 bits per heavy atom. The summed E-state index contributed by atoms with van der Waals surface area (Å²) >= 11 is 12.6. The van der Waals surface area contributed by atoms with Crippen LogP contribution in [0.1, 0.15) is 40.0 Å². The van der Waals surface area contributed by atoms with E-state index in [2.05, 4.69) is 5.32 Å². The van der Waals surface area contributed by atoms with E-state index in [1.807, 2.05) is 0 Å². The molecule has 0 saturated heterocycles. The zero-order valence-electron chi connectivity index (χ0n) is 23.8. The van der Waals surface area contributed by atoms with Crippen molar-refractivity contribution in [2.45, 2.75) is 31.5 Å². The van der Waals surface area contributed by atoms with Crippen LogP contribution in [0.5, 0.6) is 11.5 Å². The molecule has 4 aromatic rings. The highest BCUT2D eigenvalue weighted by Gasteiger charge is 2.25. The average Bonchev–Trinajstić information content (AvgIpc) is 2.99. The summed E-state index contributed by atoms with van der Waals surface area (Å²) in [7, 11) is 2.99. The van der Waals surface area contributed by atoms with E-state index in [-0.39, 0.29) is 35.0 Å². The number of carbonyl (C=O) groups excluding carboxylic acids is 1. The Bertz CT molecular complexity index is 1610. The third-order valence-corrected chi connectivity index (χ3v) is 7.50. The van der Waals surface area contributed by atoms with Crippen LogP contribution in [0.4, 0.5) is 4.39 Å². The fourth-order valence-electron chi connectivity index (χ4n) is 4.59. The molecular formula is C32H29Cl2FN2O7. The highest BCUT2D eigenvalue weighted by Crippen LogP contribution is 2.35. The summed E-state index contributed by atoms with van der Waals surface area (Å²) in [5.74, 6) is -1.44. The van der Waals surface area contributed by atoms with E-state index in [1.54, 1.807) is 48.5 Å². The second-order valence-corrected chi connectivity index (χ2v) is 10.6. The van der Waals surface area contributed by atoms with E-state index in [9.17, 15) is 24.3 Å². The number of hydrogen-bond donors (Lipinski definition) is 2. The van der Waals surface area contributed by atoms with Crippen LogP contribution in [0.25, 0.3) is 0 Å². The van der Waals surface area contributed by atoms with E-state index in [4.69, 9.17) is 37.4 Å². The number of carboxylic acid groups (broad SMARTS) is 1. The average molecular weight is 643 g/mol. The molecule has 0 amide bonds. The van der Waals surface area contributed by atoms with Crippen LogP contribution in [0, 0.1) is 11.0 Å². The number of aromatic nitrogens is 1. The molecule has 2 N–H and O–H groups in total. The first-order chi connectivity index (χ1) is 21.1. The normalized spacial score (nSPS) is 12.3. The number of halogens is 3. The first-order valence-corrected chi connectivity index (χ1v) is 14.1. The largest absolute Gasteiger partial charge is 0.619 e. The third kappa shape index (κ3) is 8.16. The molecule has 1 heterocycles. The predicted molar refractivity (Wildman–Crippen MR) is 161 cm³/mol. The molecule has 2 atom stereocenters. The lowest BCUT2D eigenvalue weighted by Crippen LogP contribution is -2.28. The third-order valence-electron chi connectivity index (χ3n) is 6.85. The number of rotatable bonds is 13. The van der Waals surface area contributed by atoms with Gasteiger partial charge in [-0.1, -0.05) is 71.7 Å². The van der Waals surface area contributed by atoms with Crippen molar-refractivity contribution < 1.29 is 38.0 Å². The molecule has 1 unspecified atom stereocenters. The number of aliphatic carboxylic acids is 1. The Balaban J connectivity index is 1.48. The number of methoxy groups -OCH3 is 2. The van der Waals surface area contributed by atoms with Gasteiger partial charge in [-0.15, -0.1) is 0 Å². The molecule has 4 rings (SSSR count). The van der Waals surface area contributed by atoms with E-state index >= 15 is 0 Å². The van der Waals surface area contributed by atoms with Crippen molar-refractivity contribution in [1.82, 2.24) is 5.32 Å². The molecular weight excluding hydrogens is 614 g/mol. The summed E-state index contributed by atoms with van der Waals surface area (Å²) < 4.78 is 31.3. The monoisotopic (exact) mass is 642 g/mol. The molecule has 0 aliphatic heterocycles. The number of esters is 1. The van der Waals surface area contributed by atoms with E-state index in [1.165, 1.54) is 44.8 Å². The number of nitrogens with one attached hydrogen (secondary N) is 1. The maximum absolute atomic E-state index is 14.2. The summed E-state index contributed by atoms with van der Waals surface area (Å²) in [6.45, 7) is 0.152. The van der Waals surface area contributed by atoms with Crippen molar-refractivity contribution in [3.05, 3.63) is 128 Å². The van der Waals surface area contributed by atoms with Gasteiger partial charge in [0.25, 0.3) is 0 Å². The predicted octanol–water partition coefficient (Wildman–Crippen LogP) is 5.77. The lowest BCUT2D eigenvalue weighted by Gasteiger charge is -2.21. The first kappa shape index (κ1) is 32.5. The van der Waals surface area contributed by atoms with Crippen molar-refractivity contribution in [2.75, 3.05) is 14.2 Å². The number of pyridine rings is 1. The van der Waals surface area contributed by atoms with Crippen molar-refractivity contribution >= 4 is 35.1 Å². The van der Waals surface area contributed by atoms with Crippen molar-refractivity contribution in [1.29, 1.82) is 0 Å². The van der Waals surface area contributed by atoms with Crippen molar-refractivity contribution in [3.8, 4) is 11.5 Å². The van der Waals surface area contributed by atoms with Gasteiger partial charge >= 0.3 is 11.9 Å². The molecule has 44 heavy (non-hydrogen) atoms. The standard InChI is InChI=1S/C32H29Cl2FN2O7/c1-42-27-12-11-21(14-29(27)43-2)28(15-23-24(33)17-37(41)18-25(23)34)44-30(38)13-19-7-9-20(10-8-19)16-36-31(32(39)40)22-5-3-4-6-26(22)35/h3-12,14,17-18,28,31,36H,13,15-16H2,1-2H3,(H,39,40)/t28-,31?/m0/s1. The van der Waals surface area contributed by atoms with Crippen molar-refractivity contribution in [2.24, 2.45) is 0 Å². The summed E-state index contributed by atoms with van der Waals surface area (Å²) in [6.07, 6.45) is 1.51. The Hall–Kier alpha value is -4.38. The number of carboxylic acids is 1. The quantitative estimate of drug-likeness (QED) is 0.107. The summed E-state index contributed by atoms with van der Waals surface area (Å²) in [5, 5.41) is 24.4. The Morgan fingerprint density at radius 2 is 1.59 bits per heavy atom. The molecule has 0 radical (unpaired) electrons. The lowest BCUT2D eigenvalue weighted by atomic mass is 10.0. The second kappa shape index (κ2) is 14.9. The highest BCUT2D eigenvalue weighted by atomic mass is 35.5. The van der Waals surface area contributed by atoms with Crippen LogP contribution in [0.15, 0.2) is 79.1 Å². The van der Waals surface area contributed by atoms with Crippen LogP contribution in [0.3, 0.4) is 0 Å². The van der Waals surface area contributed by atoms with Gasteiger partial charge in [-0.3, -0.25) is 14.9 Å². The zero-order valence-corrected chi connectivity index (χ0v) is 25.3. The maximum Gasteiger partial charge on any atom is 0.325 e. The van der Waals surface area contributed by atoms with E-state index < -0.39 is 29.9 Å². The van der Waals surface area contributed by atoms with Crippen LogP contribution < -0.4 is 19.5 Å². The van der Waals surface area contributed by atoms with Gasteiger partial charge in [0.05, 0.1) is 20.6 Å². The molecule has 0 aliphatic carbocycles. The number of nitrogens with zero attached hydrogens (tertiary/aromatic N) is 1. The topological polar surface area (TPSA) is 121 Å². The molecule has 0 aliphatic rings. The van der Waals surface area contributed by atoms with Gasteiger partial charge in [-0.2, -0.15) is 4.73 Å². The van der Waals surface area contributed by atoms with Gasteiger partial charge in [0, 0.05) is 24.1 Å². The van der Waals surface area contributed by atoms with Crippen LogP contribution in [-0.4, -0.2) is 31.3 Å². The minimum atomic E-state index is -1.23. The molecule has 3 aromatic carbocycles. The number of benzene rings is 3. The molecule has 0 spiro atoms. The Labute approximate surface area is 263 Å². The highest BCUT2D eigenvalue weighted by molar-refractivity contribution is 6.35. The molecule has 0 saturated carbocycles. The Kier molecular flexibility index (Phi) is 11.0. The van der Waals surface area contributed by atoms with Gasteiger partial charge in [-0.05, 0) is 34.9 Å². The molecule has 0 bridgehead atoms. The van der Waals surface area contributed by atoms with E-state index in [0.717, 1.165) is 5.56 Å². The molecule has 0 fully saturated rings. The van der Waals surface area contributed by atoms with Crippen LogP contribution >= 0.6 is 23.2 Å². The van der Waals surface area contributed by atoms with Crippen LogP contribution in [-0.2, 0) is 33.7 Å². The van der Waals surface area contributed by atoms with Gasteiger partial charge in [-0.25, -0.2) is 4.39 Å². The molecule has 230 valence electrons. The smallest absolute Gasteiger partial charge is 0.325 e. The zero-order chi connectivity index (χ0) is 31.8. The van der Waals surface area contributed by atoms with Gasteiger partial charge < -0.3 is 24.5 Å². The number of hydrogen-bond acceptors (Lipinski definition) is 7. The summed E-state index contributed by atoms with van der Waals surface area (Å²) in [4.78, 5) is 24.9. The minimum Gasteiger partial charge on any atom is -0.619 e. The van der Waals surface area contributed by atoms with Gasteiger partial charge in [0.15, 0.2) is 23.9 Å². The summed E-state index contributed by atoms with van der Waals surface area (Å²) in [5.41, 5.74) is 2.44. The minimum absolute atomic E-state index is 0.0358. The first-order valence-electron chi connectivity index (χ1n) is 13.4. The molecule has 1 aromatic heterocycles. The van der Waals surface area contributed by atoms with Gasteiger partial charge in [0.1, 0.15) is 28.0 Å². The molecule has 9 nitrogen and oxygen atoms in total. The number of ether oxygens (including phenoxy) is 3. The number of carbonyl (C=O) groups is 2. The maximum atomic E-state index is 14.2. The Morgan fingerprint density at radius 3 is 2.20 bits per heavy atom. The summed E-state index contributed by atoms with van der Waals surface area (Å²) in [6, 6.07) is 16.5.